The summed E-state index contributed by atoms with van der Waals surface area (Å²) in [6.45, 7) is 3.02. The number of halogens is 5. The zero-order valence-corrected chi connectivity index (χ0v) is 25.9. The van der Waals surface area contributed by atoms with Crippen LogP contribution in [0.4, 0.5) is 13.2 Å². The van der Waals surface area contributed by atoms with Gasteiger partial charge in [-0.1, -0.05) is 35.7 Å². The second-order valence-electron chi connectivity index (χ2n) is 11.0. The van der Waals surface area contributed by atoms with E-state index in [2.05, 4.69) is 16.0 Å². The predicted octanol–water partition coefficient (Wildman–Crippen LogP) is 5.45. The van der Waals surface area contributed by atoms with Crippen LogP contribution in [0, 0.1) is 0 Å². The molecule has 2 aliphatic rings. The minimum absolute atomic E-state index is 0.0834. The zero-order valence-electron chi connectivity index (χ0n) is 23.6. The van der Waals surface area contributed by atoms with Crippen molar-refractivity contribution >= 4 is 46.1 Å². The molecule has 2 aromatic rings. The van der Waals surface area contributed by atoms with Crippen molar-refractivity contribution in [2.75, 3.05) is 19.6 Å². The van der Waals surface area contributed by atoms with Crippen LogP contribution in [0.15, 0.2) is 30.3 Å². The van der Waals surface area contributed by atoms with E-state index in [0.29, 0.717) is 35.7 Å². The van der Waals surface area contributed by atoms with Gasteiger partial charge in [-0.2, -0.15) is 13.2 Å². The van der Waals surface area contributed by atoms with Gasteiger partial charge >= 0.3 is 6.18 Å². The molecule has 0 spiro atoms. The summed E-state index contributed by atoms with van der Waals surface area (Å²) in [6, 6.07) is 6.21. The van der Waals surface area contributed by atoms with E-state index in [-0.39, 0.29) is 47.2 Å². The number of rotatable bonds is 9. The van der Waals surface area contributed by atoms with E-state index in [0.717, 1.165) is 38.3 Å². The molecule has 2 unspecified atom stereocenters. The third-order valence-electron chi connectivity index (χ3n) is 7.91. The fourth-order valence-corrected chi connectivity index (χ4v) is 6.53. The number of hydrogen-bond donors (Lipinski definition) is 4. The van der Waals surface area contributed by atoms with E-state index in [1.807, 2.05) is 4.90 Å². The second kappa shape index (κ2) is 14.7. The fourth-order valence-electron chi connectivity index (χ4n) is 5.61. The molecule has 4 rings (SSSR count). The summed E-state index contributed by atoms with van der Waals surface area (Å²) in [5, 5.41) is 8.20. The molecule has 14 heteroatoms. The third-order valence-corrected chi connectivity index (χ3v) is 9.34. The molecule has 2 amide bonds. The van der Waals surface area contributed by atoms with Gasteiger partial charge in [0.2, 0.25) is 5.91 Å². The number of amides is 2. The molecule has 0 bridgehead atoms. The minimum Gasteiger partial charge on any atom is -0.351 e. The van der Waals surface area contributed by atoms with Crippen molar-refractivity contribution in [3.8, 4) is 0 Å². The SMILES string of the molecule is CC(c1ccc(Cl)cc1CNC(=O)c1cc(Cl)c(CN2CCC[C@H](NC(=O)[C@H]3CCCCN3)C2)c(C(F)(F)F)c1)S(=O)O. The lowest BCUT2D eigenvalue weighted by Crippen LogP contribution is -2.53. The van der Waals surface area contributed by atoms with Crippen molar-refractivity contribution in [1.29, 1.82) is 0 Å². The number of benzene rings is 2. The van der Waals surface area contributed by atoms with Gasteiger partial charge in [0, 0.05) is 41.3 Å². The van der Waals surface area contributed by atoms with Gasteiger partial charge in [0.05, 0.1) is 16.9 Å². The van der Waals surface area contributed by atoms with Crippen LogP contribution in [0.2, 0.25) is 10.0 Å². The number of nitrogens with zero attached hydrogens (tertiary/aromatic N) is 1. The highest BCUT2D eigenvalue weighted by atomic mass is 35.5. The maximum absolute atomic E-state index is 14.3. The Balaban J connectivity index is 1.48. The zero-order chi connectivity index (χ0) is 31.3. The monoisotopic (exact) mass is 662 g/mol. The van der Waals surface area contributed by atoms with E-state index in [1.54, 1.807) is 12.1 Å². The number of alkyl halides is 3. The average molecular weight is 664 g/mol. The van der Waals surface area contributed by atoms with E-state index < -0.39 is 34.0 Å². The van der Waals surface area contributed by atoms with Crippen LogP contribution in [-0.4, -0.2) is 57.2 Å². The lowest BCUT2D eigenvalue weighted by Gasteiger charge is -2.35. The Morgan fingerprint density at radius 1 is 1.16 bits per heavy atom. The number of hydrogen-bond acceptors (Lipinski definition) is 5. The minimum atomic E-state index is -4.77. The summed E-state index contributed by atoms with van der Waals surface area (Å²) in [6.07, 6.45) is -0.575. The Bertz CT molecular complexity index is 1360. The maximum Gasteiger partial charge on any atom is 0.416 e. The van der Waals surface area contributed by atoms with Crippen LogP contribution < -0.4 is 16.0 Å². The molecule has 0 aliphatic carbocycles. The second-order valence-corrected chi connectivity index (χ2v) is 13.1. The van der Waals surface area contributed by atoms with E-state index in [4.69, 9.17) is 23.2 Å². The fraction of sp³-hybridized carbons (Fsp3) is 0.517. The van der Waals surface area contributed by atoms with Gasteiger partial charge in [0.1, 0.15) is 0 Å². The van der Waals surface area contributed by atoms with Gasteiger partial charge in [-0.25, -0.2) is 4.21 Å². The smallest absolute Gasteiger partial charge is 0.351 e. The summed E-state index contributed by atoms with van der Waals surface area (Å²) >= 11 is 10.3. The summed E-state index contributed by atoms with van der Waals surface area (Å²) < 4.78 is 63.9. The highest BCUT2D eigenvalue weighted by Gasteiger charge is 2.36. The number of piperidine rings is 2. The predicted molar refractivity (Wildman–Crippen MR) is 160 cm³/mol. The standard InChI is InChI=1S/C29H35Cl2F3N4O4S/c1-17(43(41)42)22-8-7-20(30)11-19(22)14-36-27(39)18-12-24(29(32,33)34)23(25(31)13-18)16-38-10-4-5-21(15-38)37-28(40)26-6-2-3-9-35-26/h7-8,11-13,17,21,26,35H,2-6,9-10,14-16H2,1H3,(H,36,39)(H,37,40)(H,41,42)/t17?,21-,26+/m0/s1. The van der Waals surface area contributed by atoms with Crippen LogP contribution in [0.3, 0.4) is 0 Å². The highest BCUT2D eigenvalue weighted by molar-refractivity contribution is 7.79. The van der Waals surface area contributed by atoms with Crippen molar-refractivity contribution in [3.05, 3.63) is 68.2 Å². The Morgan fingerprint density at radius 2 is 1.93 bits per heavy atom. The Labute approximate surface area is 261 Å². The number of nitrogens with one attached hydrogen (secondary N) is 3. The van der Waals surface area contributed by atoms with E-state index >= 15 is 0 Å². The van der Waals surface area contributed by atoms with Crippen LogP contribution in [0.1, 0.15) is 76.9 Å². The van der Waals surface area contributed by atoms with E-state index in [9.17, 15) is 31.5 Å². The van der Waals surface area contributed by atoms with Crippen molar-refractivity contribution in [1.82, 2.24) is 20.9 Å². The quantitative estimate of drug-likeness (QED) is 0.266. The van der Waals surface area contributed by atoms with Crippen molar-refractivity contribution < 1.29 is 31.5 Å². The maximum atomic E-state index is 14.3. The normalized spacial score (nSPS) is 21.2. The summed E-state index contributed by atoms with van der Waals surface area (Å²) in [5.74, 6) is -0.875. The molecule has 43 heavy (non-hydrogen) atoms. The molecule has 2 saturated heterocycles. The molecule has 4 atom stereocenters. The molecule has 2 heterocycles. The Kier molecular flexibility index (Phi) is 11.5. The average Bonchev–Trinajstić information content (AvgIpc) is 2.96. The lowest BCUT2D eigenvalue weighted by molar-refractivity contribution is -0.138. The molecule has 2 aromatic carbocycles. The highest BCUT2D eigenvalue weighted by Crippen LogP contribution is 2.37. The first kappa shape index (κ1) is 33.7. The molecular formula is C29H35Cl2F3N4O4S. The van der Waals surface area contributed by atoms with Crippen molar-refractivity contribution in [3.63, 3.8) is 0 Å². The summed E-state index contributed by atoms with van der Waals surface area (Å²) in [4.78, 5) is 27.5. The topological polar surface area (TPSA) is 111 Å². The first-order chi connectivity index (χ1) is 20.3. The molecule has 0 saturated carbocycles. The lowest BCUT2D eigenvalue weighted by atomic mass is 9.99. The van der Waals surface area contributed by atoms with Gasteiger partial charge < -0.3 is 20.5 Å². The van der Waals surface area contributed by atoms with Crippen LogP contribution >= 0.6 is 23.2 Å². The molecule has 4 N–H and O–H groups in total. The summed E-state index contributed by atoms with van der Waals surface area (Å²) in [7, 11) is 0. The Morgan fingerprint density at radius 3 is 2.60 bits per heavy atom. The Hall–Kier alpha value is -2.22. The first-order valence-electron chi connectivity index (χ1n) is 14.2. The van der Waals surface area contributed by atoms with E-state index in [1.165, 1.54) is 19.1 Å². The number of carbonyl (C=O) groups excluding carboxylic acids is 2. The van der Waals surface area contributed by atoms with Gasteiger partial charge in [-0.15, -0.1) is 0 Å². The van der Waals surface area contributed by atoms with Crippen LogP contribution in [0.25, 0.3) is 0 Å². The molecule has 236 valence electrons. The first-order valence-corrected chi connectivity index (χ1v) is 16.1. The molecule has 2 fully saturated rings. The molecule has 8 nitrogen and oxygen atoms in total. The molecule has 0 radical (unpaired) electrons. The van der Waals surface area contributed by atoms with Gasteiger partial charge in [-0.3, -0.25) is 14.5 Å². The third kappa shape index (κ3) is 8.92. The number of likely N-dealkylation sites (tertiary alicyclic amines) is 1. The molecular weight excluding hydrogens is 628 g/mol. The molecule has 0 aromatic heterocycles. The van der Waals surface area contributed by atoms with Crippen molar-refractivity contribution in [2.45, 2.75) is 75.6 Å². The number of carbonyl (C=O) groups is 2. The van der Waals surface area contributed by atoms with Gasteiger partial charge in [0.15, 0.2) is 11.1 Å². The van der Waals surface area contributed by atoms with Gasteiger partial charge in [0.25, 0.3) is 5.91 Å². The van der Waals surface area contributed by atoms with Gasteiger partial charge in [-0.05, 0) is 86.7 Å². The largest absolute Gasteiger partial charge is 0.416 e. The summed E-state index contributed by atoms with van der Waals surface area (Å²) in [5.41, 5.74) is -0.480. The molecule has 2 aliphatic heterocycles. The van der Waals surface area contributed by atoms with Crippen molar-refractivity contribution in [2.24, 2.45) is 0 Å². The van der Waals surface area contributed by atoms with Crippen LogP contribution in [-0.2, 0) is 35.1 Å². The van der Waals surface area contributed by atoms with Crippen LogP contribution in [0.5, 0.6) is 0 Å².